The van der Waals surface area contributed by atoms with Gasteiger partial charge in [-0.05, 0) is 17.7 Å². The number of hydrogen-bond donors (Lipinski definition) is 1. The van der Waals surface area contributed by atoms with Crippen molar-refractivity contribution in [2.45, 2.75) is 0 Å². The molecule has 1 aromatic heterocycles. The molecule has 0 bridgehead atoms. The molecule has 0 saturated heterocycles. The van der Waals surface area contributed by atoms with E-state index in [1.54, 1.807) is 7.11 Å². The highest BCUT2D eigenvalue weighted by Gasteiger charge is 2.15. The standard InChI is InChI=1S/C15H15N3O/c1-18-11-8-9-12(19-2)13(14(11)17-15(18)16)10-6-4-3-5-7-10/h3-9H,1-2H3,(H2,16,17). The third-order valence-electron chi connectivity index (χ3n) is 3.33. The molecular weight excluding hydrogens is 238 g/mol. The molecule has 4 heteroatoms. The molecule has 19 heavy (non-hydrogen) atoms. The maximum atomic E-state index is 5.90. The van der Waals surface area contributed by atoms with Crippen molar-refractivity contribution in [2.24, 2.45) is 7.05 Å². The maximum Gasteiger partial charge on any atom is 0.200 e. The molecule has 0 spiro atoms. The molecule has 1 heterocycles. The van der Waals surface area contributed by atoms with Crippen LogP contribution in [0, 0.1) is 0 Å². The SMILES string of the molecule is COc1ccc2c(nc(N)n2C)c1-c1ccccc1. The van der Waals surface area contributed by atoms with Crippen LogP contribution in [0.1, 0.15) is 0 Å². The fourth-order valence-electron chi connectivity index (χ4n) is 2.31. The molecule has 0 fully saturated rings. The number of fused-ring (bicyclic) bond motifs is 1. The molecule has 0 aliphatic rings. The van der Waals surface area contributed by atoms with Crippen LogP contribution in [0.3, 0.4) is 0 Å². The number of methoxy groups -OCH3 is 1. The summed E-state index contributed by atoms with van der Waals surface area (Å²) in [7, 11) is 3.58. The number of nitrogens with two attached hydrogens (primary N) is 1. The topological polar surface area (TPSA) is 53.1 Å². The molecule has 2 N–H and O–H groups in total. The average Bonchev–Trinajstić information content (AvgIpc) is 2.74. The lowest BCUT2D eigenvalue weighted by Gasteiger charge is -2.09. The van der Waals surface area contributed by atoms with Crippen molar-refractivity contribution < 1.29 is 4.74 Å². The van der Waals surface area contributed by atoms with E-state index in [9.17, 15) is 0 Å². The van der Waals surface area contributed by atoms with Crippen molar-refractivity contribution in [3.63, 3.8) is 0 Å². The van der Waals surface area contributed by atoms with Gasteiger partial charge in [-0.1, -0.05) is 30.3 Å². The summed E-state index contributed by atoms with van der Waals surface area (Å²) in [5.74, 6) is 1.30. The molecular formula is C15H15N3O. The molecule has 0 amide bonds. The summed E-state index contributed by atoms with van der Waals surface area (Å²) < 4.78 is 7.34. The lowest BCUT2D eigenvalue weighted by molar-refractivity contribution is 0.417. The van der Waals surface area contributed by atoms with Crippen LogP contribution in [-0.4, -0.2) is 16.7 Å². The molecule has 0 radical (unpaired) electrons. The van der Waals surface area contributed by atoms with Gasteiger partial charge in [0.25, 0.3) is 0 Å². The normalized spacial score (nSPS) is 10.8. The Morgan fingerprint density at radius 3 is 2.53 bits per heavy atom. The summed E-state index contributed by atoms with van der Waals surface area (Å²) >= 11 is 0. The van der Waals surface area contributed by atoms with E-state index < -0.39 is 0 Å². The number of rotatable bonds is 2. The van der Waals surface area contributed by atoms with Gasteiger partial charge in [-0.3, -0.25) is 0 Å². The van der Waals surface area contributed by atoms with Crippen LogP contribution in [0.15, 0.2) is 42.5 Å². The van der Waals surface area contributed by atoms with Gasteiger partial charge in [-0.25, -0.2) is 4.98 Å². The van der Waals surface area contributed by atoms with Crippen LogP contribution >= 0.6 is 0 Å². The Morgan fingerprint density at radius 1 is 1.11 bits per heavy atom. The van der Waals surface area contributed by atoms with E-state index in [1.807, 2.05) is 54.1 Å². The summed E-state index contributed by atoms with van der Waals surface area (Å²) in [6.45, 7) is 0. The number of nitrogen functional groups attached to an aromatic ring is 1. The monoisotopic (exact) mass is 253 g/mol. The molecule has 0 saturated carbocycles. The Kier molecular flexibility index (Phi) is 2.63. The van der Waals surface area contributed by atoms with E-state index in [0.717, 1.165) is 27.9 Å². The third-order valence-corrected chi connectivity index (χ3v) is 3.33. The van der Waals surface area contributed by atoms with Crippen LogP contribution in [0.2, 0.25) is 0 Å². The van der Waals surface area contributed by atoms with Gasteiger partial charge in [-0.15, -0.1) is 0 Å². The van der Waals surface area contributed by atoms with Crippen LogP contribution in [0.5, 0.6) is 5.75 Å². The molecule has 96 valence electrons. The van der Waals surface area contributed by atoms with Gasteiger partial charge in [0.2, 0.25) is 5.95 Å². The summed E-state index contributed by atoms with van der Waals surface area (Å²) in [6.07, 6.45) is 0. The number of aryl methyl sites for hydroxylation is 1. The smallest absolute Gasteiger partial charge is 0.200 e. The van der Waals surface area contributed by atoms with Gasteiger partial charge in [-0.2, -0.15) is 0 Å². The van der Waals surface area contributed by atoms with Gasteiger partial charge in [0, 0.05) is 7.05 Å². The lowest BCUT2D eigenvalue weighted by atomic mass is 10.0. The van der Waals surface area contributed by atoms with Crippen molar-refractivity contribution in [1.29, 1.82) is 0 Å². The zero-order chi connectivity index (χ0) is 13.4. The van der Waals surface area contributed by atoms with Gasteiger partial charge in [0.1, 0.15) is 11.3 Å². The second-order valence-corrected chi connectivity index (χ2v) is 4.41. The molecule has 4 nitrogen and oxygen atoms in total. The van der Waals surface area contributed by atoms with Crippen LogP contribution in [0.25, 0.3) is 22.2 Å². The fraction of sp³-hybridized carbons (Fsp3) is 0.133. The minimum Gasteiger partial charge on any atom is -0.496 e. The molecule has 2 aromatic carbocycles. The predicted molar refractivity (Wildman–Crippen MR) is 77.1 cm³/mol. The van der Waals surface area contributed by atoms with E-state index in [4.69, 9.17) is 10.5 Å². The Morgan fingerprint density at radius 2 is 1.84 bits per heavy atom. The van der Waals surface area contributed by atoms with Crippen molar-refractivity contribution in [3.8, 4) is 16.9 Å². The first-order valence-electron chi connectivity index (χ1n) is 6.06. The second-order valence-electron chi connectivity index (χ2n) is 4.41. The quantitative estimate of drug-likeness (QED) is 0.764. The number of ether oxygens (including phenoxy) is 1. The van der Waals surface area contributed by atoms with Crippen LogP contribution in [-0.2, 0) is 7.05 Å². The van der Waals surface area contributed by atoms with E-state index in [2.05, 4.69) is 4.98 Å². The number of imidazole rings is 1. The largest absolute Gasteiger partial charge is 0.496 e. The third kappa shape index (κ3) is 1.73. The molecule has 3 rings (SSSR count). The maximum absolute atomic E-state index is 5.90. The van der Waals surface area contributed by atoms with Crippen LogP contribution in [0.4, 0.5) is 5.95 Å². The Bertz CT molecular complexity index is 732. The predicted octanol–water partition coefficient (Wildman–Crippen LogP) is 2.83. The Hall–Kier alpha value is -2.49. The minimum atomic E-state index is 0.500. The summed E-state index contributed by atoms with van der Waals surface area (Å²) in [5, 5.41) is 0. The van der Waals surface area contributed by atoms with Gasteiger partial charge >= 0.3 is 0 Å². The zero-order valence-electron chi connectivity index (χ0n) is 10.9. The Balaban J connectivity index is 2.40. The number of nitrogens with zero attached hydrogens (tertiary/aromatic N) is 2. The zero-order valence-corrected chi connectivity index (χ0v) is 10.9. The molecule has 0 aliphatic heterocycles. The summed E-state index contributed by atoms with van der Waals surface area (Å²) in [6, 6.07) is 14.0. The highest BCUT2D eigenvalue weighted by atomic mass is 16.5. The first-order valence-corrected chi connectivity index (χ1v) is 6.06. The minimum absolute atomic E-state index is 0.500. The highest BCUT2D eigenvalue weighted by Crippen LogP contribution is 2.36. The van der Waals surface area contributed by atoms with Crippen molar-refractivity contribution in [3.05, 3.63) is 42.5 Å². The number of aromatic nitrogens is 2. The summed E-state index contributed by atoms with van der Waals surface area (Å²) in [5.41, 5.74) is 9.82. The van der Waals surface area contributed by atoms with Crippen LogP contribution < -0.4 is 10.5 Å². The first-order chi connectivity index (χ1) is 9.22. The molecule has 0 aliphatic carbocycles. The van der Waals surface area contributed by atoms with Crippen molar-refractivity contribution in [2.75, 3.05) is 12.8 Å². The van der Waals surface area contributed by atoms with Crippen molar-refractivity contribution in [1.82, 2.24) is 9.55 Å². The Labute approximate surface area is 111 Å². The average molecular weight is 253 g/mol. The number of benzene rings is 2. The van der Waals surface area contributed by atoms with E-state index >= 15 is 0 Å². The summed E-state index contributed by atoms with van der Waals surface area (Å²) in [4.78, 5) is 4.46. The highest BCUT2D eigenvalue weighted by molar-refractivity contribution is 5.96. The lowest BCUT2D eigenvalue weighted by Crippen LogP contribution is -1.95. The number of hydrogen-bond acceptors (Lipinski definition) is 3. The fourth-order valence-corrected chi connectivity index (χ4v) is 2.31. The van der Waals surface area contributed by atoms with E-state index in [-0.39, 0.29) is 0 Å². The molecule has 0 atom stereocenters. The number of anilines is 1. The van der Waals surface area contributed by atoms with Crippen molar-refractivity contribution >= 4 is 17.0 Å². The molecule has 0 unspecified atom stereocenters. The van der Waals surface area contributed by atoms with E-state index in [0.29, 0.717) is 5.95 Å². The van der Waals surface area contributed by atoms with Gasteiger partial charge in [0.05, 0.1) is 18.2 Å². The second kappa shape index (κ2) is 4.31. The first kappa shape index (κ1) is 11.6. The van der Waals surface area contributed by atoms with Gasteiger partial charge in [0.15, 0.2) is 0 Å². The van der Waals surface area contributed by atoms with E-state index in [1.165, 1.54) is 0 Å². The molecule has 3 aromatic rings. The van der Waals surface area contributed by atoms with Gasteiger partial charge < -0.3 is 15.0 Å².